The Kier molecular flexibility index (Phi) is 1.60. The molecule has 0 unspecified atom stereocenters. The molecule has 0 aliphatic rings. The lowest BCUT2D eigenvalue weighted by Gasteiger charge is -2.00. The molecule has 5 nitrogen and oxygen atoms in total. The third-order valence-electron chi connectivity index (χ3n) is 2.43. The van der Waals surface area contributed by atoms with E-state index < -0.39 is 0 Å². The van der Waals surface area contributed by atoms with Gasteiger partial charge in [0.05, 0.1) is 0 Å². The Hall–Kier alpha value is -2.14. The fourth-order valence-corrected chi connectivity index (χ4v) is 1.72. The summed E-state index contributed by atoms with van der Waals surface area (Å²) in [6.45, 7) is 0. The monoisotopic (exact) mass is 199 g/mol. The number of hydrogen-bond donors (Lipinski definition) is 2. The normalized spacial score (nSPS) is 11.0. The van der Waals surface area contributed by atoms with Crippen LogP contribution in [0.3, 0.4) is 0 Å². The van der Waals surface area contributed by atoms with E-state index in [2.05, 4.69) is 15.6 Å². The third-order valence-corrected chi connectivity index (χ3v) is 2.43. The summed E-state index contributed by atoms with van der Waals surface area (Å²) in [5, 5.41) is 10.2. The molecule has 0 radical (unpaired) electrons. The summed E-state index contributed by atoms with van der Waals surface area (Å²) in [7, 11) is 0. The Morgan fingerprint density at radius 2 is 2.00 bits per heavy atom. The van der Waals surface area contributed by atoms with Gasteiger partial charge in [-0.3, -0.25) is 9.83 Å². The van der Waals surface area contributed by atoms with Crippen LogP contribution in [0.15, 0.2) is 36.5 Å². The fraction of sp³-hybridized carbons (Fsp3) is 0. The predicted molar refractivity (Wildman–Crippen MR) is 58.3 cm³/mol. The summed E-state index contributed by atoms with van der Waals surface area (Å²) < 4.78 is 1.82. The Labute approximate surface area is 85.5 Å². The molecular formula is C10H9N5. The first-order chi connectivity index (χ1) is 7.40. The van der Waals surface area contributed by atoms with Gasteiger partial charge in [-0.25, -0.2) is 5.84 Å². The van der Waals surface area contributed by atoms with Crippen LogP contribution in [0.2, 0.25) is 0 Å². The average molecular weight is 199 g/mol. The van der Waals surface area contributed by atoms with Gasteiger partial charge in [0.1, 0.15) is 0 Å². The Bertz CT molecular complexity index is 628. The van der Waals surface area contributed by atoms with Crippen LogP contribution in [0, 0.1) is 0 Å². The molecule has 0 bridgehead atoms. The zero-order valence-electron chi connectivity index (χ0n) is 7.88. The van der Waals surface area contributed by atoms with Gasteiger partial charge in [0.2, 0.25) is 5.95 Å². The Balaban J connectivity index is 2.50. The van der Waals surface area contributed by atoms with Gasteiger partial charge in [0.15, 0.2) is 5.65 Å². The van der Waals surface area contributed by atoms with E-state index >= 15 is 0 Å². The van der Waals surface area contributed by atoms with Gasteiger partial charge >= 0.3 is 0 Å². The van der Waals surface area contributed by atoms with E-state index in [4.69, 9.17) is 5.84 Å². The van der Waals surface area contributed by atoms with Crippen LogP contribution in [0.25, 0.3) is 16.4 Å². The number of anilines is 1. The highest BCUT2D eigenvalue weighted by atomic mass is 15.4. The van der Waals surface area contributed by atoms with Crippen LogP contribution < -0.4 is 11.3 Å². The molecule has 3 rings (SSSR count). The van der Waals surface area contributed by atoms with Gasteiger partial charge < -0.3 is 0 Å². The van der Waals surface area contributed by atoms with Crippen molar-refractivity contribution >= 4 is 22.4 Å². The second kappa shape index (κ2) is 2.93. The second-order valence-corrected chi connectivity index (χ2v) is 3.26. The molecule has 0 saturated heterocycles. The molecule has 0 saturated carbocycles. The van der Waals surface area contributed by atoms with Crippen molar-refractivity contribution in [3.8, 4) is 0 Å². The molecule has 0 aliphatic carbocycles. The topological polar surface area (TPSA) is 68.2 Å². The molecule has 0 fully saturated rings. The van der Waals surface area contributed by atoms with Crippen molar-refractivity contribution in [3.05, 3.63) is 36.5 Å². The minimum atomic E-state index is 0.538. The van der Waals surface area contributed by atoms with Gasteiger partial charge in [-0.1, -0.05) is 24.3 Å². The number of nitrogen functional groups attached to an aromatic ring is 1. The second-order valence-electron chi connectivity index (χ2n) is 3.26. The number of nitrogens with two attached hydrogens (primary N) is 1. The largest absolute Gasteiger partial charge is 0.292 e. The number of nitrogens with zero attached hydrogens (tertiary/aromatic N) is 3. The molecule has 15 heavy (non-hydrogen) atoms. The summed E-state index contributed by atoms with van der Waals surface area (Å²) >= 11 is 0. The molecular weight excluding hydrogens is 190 g/mol. The van der Waals surface area contributed by atoms with E-state index in [9.17, 15) is 0 Å². The fourth-order valence-electron chi connectivity index (χ4n) is 1.72. The minimum Gasteiger partial charge on any atom is -0.292 e. The zero-order valence-corrected chi connectivity index (χ0v) is 7.88. The van der Waals surface area contributed by atoms with Gasteiger partial charge in [0, 0.05) is 11.6 Å². The first-order valence-corrected chi connectivity index (χ1v) is 4.59. The molecule has 3 aromatic rings. The number of nitrogens with one attached hydrogen (secondary N) is 1. The molecule has 2 aromatic heterocycles. The number of hydrazine groups is 1. The molecule has 0 spiro atoms. The quantitative estimate of drug-likeness (QED) is 0.456. The highest BCUT2D eigenvalue weighted by Crippen LogP contribution is 2.19. The maximum atomic E-state index is 5.33. The average Bonchev–Trinajstić information content (AvgIpc) is 2.72. The summed E-state index contributed by atoms with van der Waals surface area (Å²) in [6, 6.07) is 10.0. The zero-order chi connectivity index (χ0) is 10.3. The smallest absolute Gasteiger partial charge is 0.243 e. The molecule has 3 N–H and O–H groups in total. The van der Waals surface area contributed by atoms with E-state index in [-0.39, 0.29) is 0 Å². The Morgan fingerprint density at radius 3 is 2.87 bits per heavy atom. The van der Waals surface area contributed by atoms with E-state index in [1.165, 1.54) is 0 Å². The van der Waals surface area contributed by atoms with Crippen LogP contribution in [0.5, 0.6) is 0 Å². The maximum Gasteiger partial charge on any atom is 0.243 e. The predicted octanol–water partition coefficient (Wildman–Crippen LogP) is 1.17. The SMILES string of the molecule is NNc1nnc2c3ccccc3ccn12. The van der Waals surface area contributed by atoms with Crippen molar-refractivity contribution < 1.29 is 0 Å². The van der Waals surface area contributed by atoms with Crippen LogP contribution in [-0.2, 0) is 0 Å². The van der Waals surface area contributed by atoms with E-state index in [0.29, 0.717) is 5.95 Å². The molecule has 2 heterocycles. The van der Waals surface area contributed by atoms with Crippen molar-refractivity contribution in [2.45, 2.75) is 0 Å². The lowest BCUT2D eigenvalue weighted by molar-refractivity contribution is 1.07. The number of aromatic nitrogens is 3. The summed E-state index contributed by atoms with van der Waals surface area (Å²) in [4.78, 5) is 0. The van der Waals surface area contributed by atoms with Crippen molar-refractivity contribution in [1.29, 1.82) is 0 Å². The molecule has 1 aromatic carbocycles. The molecule has 0 atom stereocenters. The highest BCUT2D eigenvalue weighted by Gasteiger charge is 2.06. The molecule has 0 amide bonds. The molecule has 74 valence electrons. The first-order valence-electron chi connectivity index (χ1n) is 4.59. The Morgan fingerprint density at radius 1 is 1.13 bits per heavy atom. The van der Waals surface area contributed by atoms with Crippen LogP contribution in [-0.4, -0.2) is 14.6 Å². The standard InChI is InChI=1S/C10H9N5/c11-12-10-14-13-9-8-4-2-1-3-7(8)5-6-15(9)10/h1-6H,11H2,(H,12,14). The molecule has 0 aliphatic heterocycles. The van der Waals surface area contributed by atoms with Crippen LogP contribution in [0.4, 0.5) is 5.95 Å². The van der Waals surface area contributed by atoms with Gasteiger partial charge in [-0.2, -0.15) is 0 Å². The lowest BCUT2D eigenvalue weighted by Crippen LogP contribution is -2.10. The van der Waals surface area contributed by atoms with Crippen LogP contribution in [0.1, 0.15) is 0 Å². The van der Waals surface area contributed by atoms with Crippen molar-refractivity contribution in [2.24, 2.45) is 5.84 Å². The third kappa shape index (κ3) is 1.07. The number of benzene rings is 1. The van der Waals surface area contributed by atoms with Crippen molar-refractivity contribution in [3.63, 3.8) is 0 Å². The van der Waals surface area contributed by atoms with E-state index in [0.717, 1.165) is 16.4 Å². The van der Waals surface area contributed by atoms with E-state index in [1.807, 2.05) is 40.9 Å². The number of hydrogen-bond acceptors (Lipinski definition) is 4. The summed E-state index contributed by atoms with van der Waals surface area (Å²) in [5.41, 5.74) is 3.31. The highest BCUT2D eigenvalue weighted by molar-refractivity contribution is 5.94. The number of rotatable bonds is 1. The minimum absolute atomic E-state index is 0.538. The van der Waals surface area contributed by atoms with Gasteiger partial charge in [-0.05, 0) is 11.5 Å². The van der Waals surface area contributed by atoms with Gasteiger partial charge in [0.25, 0.3) is 0 Å². The van der Waals surface area contributed by atoms with E-state index in [1.54, 1.807) is 0 Å². The summed E-state index contributed by atoms with van der Waals surface area (Å²) in [6.07, 6.45) is 1.90. The van der Waals surface area contributed by atoms with Gasteiger partial charge in [-0.15, -0.1) is 10.2 Å². The van der Waals surface area contributed by atoms with Crippen molar-refractivity contribution in [1.82, 2.24) is 14.6 Å². The molecule has 5 heteroatoms. The number of fused-ring (bicyclic) bond motifs is 3. The summed E-state index contributed by atoms with van der Waals surface area (Å²) in [5.74, 6) is 5.87. The lowest BCUT2D eigenvalue weighted by atomic mass is 10.2. The first kappa shape index (κ1) is 8.19. The number of pyridine rings is 1. The van der Waals surface area contributed by atoms with Crippen molar-refractivity contribution in [2.75, 3.05) is 5.43 Å². The van der Waals surface area contributed by atoms with Crippen LogP contribution >= 0.6 is 0 Å². The maximum absolute atomic E-state index is 5.33.